The summed E-state index contributed by atoms with van der Waals surface area (Å²) in [6.45, 7) is 5.16. The zero-order valence-corrected chi connectivity index (χ0v) is 31.9. The quantitative estimate of drug-likeness (QED) is 0.113. The number of urea groups is 1. The minimum absolute atomic E-state index is 0.151. The number of anilines is 2. The molecule has 1 fully saturated rings. The molecule has 292 valence electrons. The van der Waals surface area contributed by atoms with Gasteiger partial charge in [0.2, 0.25) is 0 Å². The van der Waals surface area contributed by atoms with Gasteiger partial charge in [0.1, 0.15) is 24.4 Å². The highest BCUT2D eigenvalue weighted by Crippen LogP contribution is 2.49. The Bertz CT molecular complexity index is 1740. The molecule has 0 bridgehead atoms. The Labute approximate surface area is 306 Å². The summed E-state index contributed by atoms with van der Waals surface area (Å²) in [6, 6.07) is 11.0. The molecule has 1 saturated heterocycles. The highest BCUT2D eigenvalue weighted by molar-refractivity contribution is 7.91. The highest BCUT2D eigenvalue weighted by Gasteiger charge is 2.49. The van der Waals surface area contributed by atoms with Crippen LogP contribution in [-0.4, -0.2) is 113 Å². The fourth-order valence-electron chi connectivity index (χ4n) is 7.02. The van der Waals surface area contributed by atoms with E-state index in [4.69, 9.17) is 14.0 Å². The fourth-order valence-corrected chi connectivity index (χ4v) is 9.57. The smallest absolute Gasteiger partial charge is 0.392 e. The molecule has 8 atom stereocenters. The molecule has 0 saturated carbocycles. The molecule has 4 rings (SSSR count). The molecule has 2 aromatic carbocycles. The number of hydrogen-bond acceptors (Lipinski definition) is 12. The monoisotopic (exact) mass is 771 g/mol. The van der Waals surface area contributed by atoms with Crippen LogP contribution >= 0.6 is 0 Å². The van der Waals surface area contributed by atoms with Gasteiger partial charge in [-0.1, -0.05) is 52.2 Å². The van der Waals surface area contributed by atoms with Crippen molar-refractivity contribution in [3.8, 4) is 0 Å². The van der Waals surface area contributed by atoms with Crippen LogP contribution in [0.2, 0.25) is 0 Å². The minimum Gasteiger partial charge on any atom is -0.392 e. The number of fused-ring (bicyclic) bond motifs is 1. The van der Waals surface area contributed by atoms with Crippen LogP contribution in [0.4, 0.5) is 16.2 Å². The van der Waals surface area contributed by atoms with Crippen molar-refractivity contribution < 1.29 is 55.2 Å². The molecule has 0 aromatic heterocycles. The van der Waals surface area contributed by atoms with Crippen molar-refractivity contribution in [2.45, 2.75) is 107 Å². The van der Waals surface area contributed by atoms with E-state index in [0.29, 0.717) is 30.4 Å². The van der Waals surface area contributed by atoms with Crippen LogP contribution in [0.1, 0.15) is 76.3 Å². The summed E-state index contributed by atoms with van der Waals surface area (Å²) < 4.78 is 75.2. The number of nitrogens with one attached hydrogen (secondary N) is 2. The predicted octanol–water partition coefficient (Wildman–Crippen LogP) is 3.19. The molecule has 2 heterocycles. The Morgan fingerprint density at radius 3 is 2.38 bits per heavy atom. The second-order valence-corrected chi connectivity index (χ2v) is 16.9. The fraction of sp³-hybridized carbons (Fsp3) is 0.629. The molecule has 17 heteroatoms. The molecule has 0 spiro atoms. The molecule has 2 amide bonds. The molecule has 15 nitrogen and oxygen atoms in total. The standard InChI is InChI=1S/C35H53N3O12S2/c1-6-9-16-35(8-3)21-51(43,44)27-15-14-24(38(4)5)19-25(27)28(32(35)41)22-12-11-13-23(18-22)36-34(42)37-33-30(40)31(48-17-10-7-2)29(39)26(50-33)20-49-52(45,46)47/h11-15,18-19,26,28-33,39-41H,6-10,16-17,20-21H2,1-5H3,(H2,36,37,42)(H,45,46,47)/t26-,28-,29-,30-,31+,32-,33-,35-/m1/s1. The maximum atomic E-state index is 14.0. The second kappa shape index (κ2) is 17.5. The number of aliphatic hydroxyl groups is 3. The lowest BCUT2D eigenvalue weighted by molar-refractivity contribution is -0.243. The molecule has 0 aliphatic carbocycles. The summed E-state index contributed by atoms with van der Waals surface area (Å²) in [4.78, 5) is 15.4. The van der Waals surface area contributed by atoms with Crippen molar-refractivity contribution >= 4 is 37.6 Å². The predicted molar refractivity (Wildman–Crippen MR) is 194 cm³/mol. The normalized spacial score (nSPS) is 28.8. The van der Waals surface area contributed by atoms with Gasteiger partial charge >= 0.3 is 16.4 Å². The summed E-state index contributed by atoms with van der Waals surface area (Å²) >= 11 is 0. The summed E-state index contributed by atoms with van der Waals surface area (Å²) in [7, 11) is -5.02. The van der Waals surface area contributed by atoms with E-state index in [-0.39, 0.29) is 22.9 Å². The van der Waals surface area contributed by atoms with Crippen LogP contribution in [0.5, 0.6) is 0 Å². The summed E-state index contributed by atoms with van der Waals surface area (Å²) in [5.74, 6) is -0.982. The molecule has 0 unspecified atom stereocenters. The van der Waals surface area contributed by atoms with Crippen molar-refractivity contribution in [2.24, 2.45) is 5.41 Å². The van der Waals surface area contributed by atoms with E-state index >= 15 is 0 Å². The number of unbranched alkanes of at least 4 members (excludes halogenated alkanes) is 2. The van der Waals surface area contributed by atoms with Crippen molar-refractivity contribution in [2.75, 3.05) is 43.3 Å². The lowest BCUT2D eigenvalue weighted by atomic mass is 9.69. The van der Waals surface area contributed by atoms with Crippen molar-refractivity contribution in [3.63, 3.8) is 0 Å². The molecular weight excluding hydrogens is 719 g/mol. The number of nitrogens with zero attached hydrogens (tertiary/aromatic N) is 1. The van der Waals surface area contributed by atoms with Crippen LogP contribution < -0.4 is 15.5 Å². The SMILES string of the molecule is CCCCO[C@@H]1[C@@H](O)[C@H](NC(=O)Nc2cccc([C@@H]3c4cc(N(C)C)ccc4S(=O)(=O)C[C@@](CC)(CCCC)[C@@H]3O)c2)O[C@H](COS(=O)(=O)O)[C@H]1O. The Morgan fingerprint density at radius 2 is 1.75 bits per heavy atom. The molecule has 0 radical (unpaired) electrons. The average Bonchev–Trinajstić information content (AvgIpc) is 3.15. The molecule has 52 heavy (non-hydrogen) atoms. The Morgan fingerprint density at radius 1 is 1.04 bits per heavy atom. The second-order valence-electron chi connectivity index (χ2n) is 13.8. The van der Waals surface area contributed by atoms with E-state index in [1.165, 1.54) is 0 Å². The first-order chi connectivity index (χ1) is 24.5. The molecule has 2 aliphatic heterocycles. The van der Waals surface area contributed by atoms with Gasteiger partial charge in [-0.15, -0.1) is 0 Å². The van der Waals surface area contributed by atoms with Crippen molar-refractivity contribution in [1.82, 2.24) is 5.32 Å². The van der Waals surface area contributed by atoms with E-state index in [1.807, 2.05) is 39.8 Å². The van der Waals surface area contributed by atoms with Gasteiger partial charge in [-0.05, 0) is 60.7 Å². The van der Waals surface area contributed by atoms with E-state index < -0.39 is 81.0 Å². The molecule has 2 aliphatic rings. The summed E-state index contributed by atoms with van der Waals surface area (Å²) in [6.07, 6.45) is -4.62. The zero-order chi connectivity index (χ0) is 38.4. The Kier molecular flexibility index (Phi) is 14.1. The number of amides is 2. The zero-order valence-electron chi connectivity index (χ0n) is 30.3. The molecular formula is C35H53N3O12S2. The van der Waals surface area contributed by atoms with E-state index in [2.05, 4.69) is 14.8 Å². The highest BCUT2D eigenvalue weighted by atomic mass is 32.3. The van der Waals surface area contributed by atoms with Crippen LogP contribution in [0.25, 0.3) is 0 Å². The van der Waals surface area contributed by atoms with Gasteiger partial charge < -0.3 is 40.3 Å². The minimum atomic E-state index is -4.89. The number of sulfone groups is 1. The maximum Gasteiger partial charge on any atom is 0.397 e. The third kappa shape index (κ3) is 9.81. The largest absolute Gasteiger partial charge is 0.397 e. The molecule has 6 N–H and O–H groups in total. The topological polar surface area (TPSA) is 221 Å². The number of carbonyl (C=O) groups excluding carboxylic acids is 1. The van der Waals surface area contributed by atoms with E-state index in [9.17, 15) is 36.9 Å². The Hall–Kier alpha value is -2.87. The van der Waals surface area contributed by atoms with E-state index in [0.717, 1.165) is 24.9 Å². The lowest BCUT2D eigenvalue weighted by Gasteiger charge is -2.42. The summed E-state index contributed by atoms with van der Waals surface area (Å²) in [5, 5.41) is 39.3. The van der Waals surface area contributed by atoms with Gasteiger partial charge in [-0.3, -0.25) is 4.55 Å². The van der Waals surface area contributed by atoms with Crippen LogP contribution in [0.3, 0.4) is 0 Å². The maximum absolute atomic E-state index is 14.0. The van der Waals surface area contributed by atoms with E-state index in [1.54, 1.807) is 42.5 Å². The number of hydrogen-bond donors (Lipinski definition) is 6. The number of ether oxygens (including phenoxy) is 2. The number of aliphatic hydroxyl groups excluding tert-OH is 3. The first-order valence-corrected chi connectivity index (χ1v) is 20.6. The third-order valence-corrected chi connectivity index (χ3v) is 12.4. The Balaban J connectivity index is 1.66. The number of carbonyl (C=O) groups is 1. The van der Waals surface area contributed by atoms with Gasteiger partial charge in [0.15, 0.2) is 16.1 Å². The van der Waals surface area contributed by atoms with Gasteiger partial charge in [0.25, 0.3) is 0 Å². The van der Waals surface area contributed by atoms with Gasteiger partial charge in [-0.25, -0.2) is 17.4 Å². The van der Waals surface area contributed by atoms with Gasteiger partial charge in [0, 0.05) is 43.4 Å². The van der Waals surface area contributed by atoms with Crippen LogP contribution in [0.15, 0.2) is 47.4 Å². The van der Waals surface area contributed by atoms with Crippen LogP contribution in [0, 0.1) is 5.41 Å². The first-order valence-electron chi connectivity index (χ1n) is 17.6. The van der Waals surface area contributed by atoms with Crippen molar-refractivity contribution in [1.29, 1.82) is 0 Å². The summed E-state index contributed by atoms with van der Waals surface area (Å²) in [5.41, 5.74) is 1.12. The van der Waals surface area contributed by atoms with Crippen LogP contribution in [-0.2, 0) is 33.9 Å². The first kappa shape index (κ1) is 41.9. The third-order valence-electron chi connectivity index (χ3n) is 9.98. The number of benzene rings is 2. The van der Waals surface area contributed by atoms with Crippen molar-refractivity contribution in [3.05, 3.63) is 53.6 Å². The average molecular weight is 772 g/mol. The lowest BCUT2D eigenvalue weighted by Crippen LogP contribution is -2.64. The molecule has 2 aromatic rings. The van der Waals surface area contributed by atoms with Gasteiger partial charge in [0.05, 0.1) is 23.4 Å². The number of rotatable bonds is 15. The van der Waals surface area contributed by atoms with Gasteiger partial charge in [-0.2, -0.15) is 8.42 Å².